The molecule has 34 heavy (non-hydrogen) atoms. The van der Waals surface area contributed by atoms with Crippen molar-refractivity contribution < 1.29 is 28.9 Å². The molecule has 2 aliphatic heterocycles. The molecule has 0 radical (unpaired) electrons. The number of nitrogen functional groups attached to an aromatic ring is 1. The van der Waals surface area contributed by atoms with Crippen molar-refractivity contribution in [3.8, 4) is 0 Å². The van der Waals surface area contributed by atoms with Gasteiger partial charge in [0.2, 0.25) is 0 Å². The first-order valence-electron chi connectivity index (χ1n) is 10.3. The van der Waals surface area contributed by atoms with Crippen LogP contribution in [0.4, 0.5) is 5.13 Å². The van der Waals surface area contributed by atoms with Crippen LogP contribution in [0.25, 0.3) is 0 Å². The number of nitrogens with two attached hydrogens (primary N) is 1. The molecule has 0 bridgehead atoms. The van der Waals surface area contributed by atoms with E-state index in [1.54, 1.807) is 19.2 Å². The summed E-state index contributed by atoms with van der Waals surface area (Å²) in [5.41, 5.74) is 6.18. The van der Waals surface area contributed by atoms with E-state index in [1.807, 2.05) is 35.2 Å². The second-order valence-electron chi connectivity index (χ2n) is 7.81. The van der Waals surface area contributed by atoms with Crippen molar-refractivity contribution in [1.29, 1.82) is 0 Å². The average molecular weight is 503 g/mol. The molecular formula is C21H22N6O5S2. The summed E-state index contributed by atoms with van der Waals surface area (Å²) in [6.07, 6.45) is 3.33. The first-order chi connectivity index (χ1) is 16.3. The zero-order valence-corrected chi connectivity index (χ0v) is 20.0. The molecule has 2 amide bonds. The maximum atomic E-state index is 13.0. The third-order valence-corrected chi connectivity index (χ3v) is 7.03. The molecule has 1 unspecified atom stereocenters. The molecule has 0 saturated carbocycles. The minimum atomic E-state index is -1.43. The molecule has 13 heteroatoms. The summed E-state index contributed by atoms with van der Waals surface area (Å²) in [5.74, 6) is -2.27. The normalized spacial score (nSPS) is 20.1. The highest BCUT2D eigenvalue weighted by molar-refractivity contribution is 8.00. The Labute approximate surface area is 203 Å². The van der Waals surface area contributed by atoms with E-state index in [2.05, 4.69) is 15.5 Å². The number of nitrogens with one attached hydrogen (secondary N) is 1. The number of carboxylic acid groups (broad SMARTS) is 1. The first-order valence-corrected chi connectivity index (χ1v) is 12.3. The predicted molar refractivity (Wildman–Crippen MR) is 123 cm³/mol. The lowest BCUT2D eigenvalue weighted by atomic mass is 10.0. The number of carboxylic acids is 1. The minimum absolute atomic E-state index is 0.120. The van der Waals surface area contributed by atoms with Crippen LogP contribution in [-0.2, 0) is 25.8 Å². The highest BCUT2D eigenvalue weighted by Crippen LogP contribution is 2.40. The van der Waals surface area contributed by atoms with Crippen molar-refractivity contribution in [2.75, 3.05) is 11.5 Å². The third kappa shape index (κ3) is 4.75. The Kier molecular flexibility index (Phi) is 6.84. The second kappa shape index (κ2) is 9.81. The number of aliphatic carboxylic acids is 1. The van der Waals surface area contributed by atoms with Gasteiger partial charge in [-0.1, -0.05) is 11.2 Å². The number of rotatable bonds is 8. The minimum Gasteiger partial charge on any atom is -0.543 e. The van der Waals surface area contributed by atoms with Crippen molar-refractivity contribution in [2.45, 2.75) is 37.9 Å². The standard InChI is InChI=1S/C21H22N6O5S2/c1-11(2)32-25-14(13-10-34-21(22)23-13)17(28)24-15-18(29)27-16(20(30)31)12(9-33-19(15)27)8-26-6-4-3-5-7-26/h3-7,10-11,15,19H,8-9H2,1-2H3,(H3-,22,23,24,28,30,31)/b25-14-/t15?,19-/m1/s1. The number of thioether (sulfide) groups is 1. The van der Waals surface area contributed by atoms with Gasteiger partial charge in [0, 0.05) is 28.8 Å². The fraction of sp³-hybridized carbons (Fsp3) is 0.333. The van der Waals surface area contributed by atoms with Gasteiger partial charge in [-0.2, -0.15) is 0 Å². The number of thiazole rings is 1. The van der Waals surface area contributed by atoms with Crippen molar-refractivity contribution in [3.05, 3.63) is 52.9 Å². The van der Waals surface area contributed by atoms with E-state index in [0.717, 1.165) is 11.3 Å². The molecule has 2 atom stereocenters. The molecular weight excluding hydrogens is 480 g/mol. The second-order valence-corrected chi connectivity index (χ2v) is 9.81. The van der Waals surface area contributed by atoms with Gasteiger partial charge < -0.3 is 25.8 Å². The number of hydrogen-bond donors (Lipinski definition) is 2. The summed E-state index contributed by atoms with van der Waals surface area (Å²) in [6.45, 7) is 3.80. The number of oxime groups is 1. The van der Waals surface area contributed by atoms with E-state index in [9.17, 15) is 19.5 Å². The van der Waals surface area contributed by atoms with Gasteiger partial charge in [-0.25, -0.2) is 9.55 Å². The monoisotopic (exact) mass is 502 g/mol. The lowest BCUT2D eigenvalue weighted by Crippen LogP contribution is -2.71. The van der Waals surface area contributed by atoms with Crippen LogP contribution in [0.2, 0.25) is 0 Å². The van der Waals surface area contributed by atoms with Crippen LogP contribution in [0.5, 0.6) is 0 Å². The SMILES string of the molecule is CC(C)O/N=C(\C(=O)NC1C(=O)N2C(C(=O)[O-])=C(C[n+]3ccccc3)CS[C@H]12)c1csc(N)n1. The van der Waals surface area contributed by atoms with Gasteiger partial charge in [0.1, 0.15) is 23.2 Å². The molecule has 1 fully saturated rings. The fourth-order valence-corrected chi connectivity index (χ4v) is 5.40. The van der Waals surface area contributed by atoms with Crippen molar-refractivity contribution in [2.24, 2.45) is 5.16 Å². The molecule has 11 nitrogen and oxygen atoms in total. The summed E-state index contributed by atoms with van der Waals surface area (Å²) >= 11 is 2.51. The van der Waals surface area contributed by atoms with Gasteiger partial charge in [-0.15, -0.1) is 23.1 Å². The van der Waals surface area contributed by atoms with E-state index in [0.29, 0.717) is 17.9 Å². The van der Waals surface area contributed by atoms with E-state index < -0.39 is 29.2 Å². The van der Waals surface area contributed by atoms with Crippen LogP contribution in [-0.4, -0.2) is 56.7 Å². The maximum absolute atomic E-state index is 13.0. The molecule has 0 spiro atoms. The van der Waals surface area contributed by atoms with Gasteiger partial charge in [0.15, 0.2) is 29.8 Å². The number of fused-ring (bicyclic) bond motifs is 1. The van der Waals surface area contributed by atoms with Crippen LogP contribution < -0.4 is 20.7 Å². The summed E-state index contributed by atoms with van der Waals surface area (Å²) in [6, 6.07) is 4.58. The lowest BCUT2D eigenvalue weighted by molar-refractivity contribution is -0.689. The zero-order valence-electron chi connectivity index (χ0n) is 18.3. The third-order valence-electron chi connectivity index (χ3n) is 5.01. The molecule has 0 aromatic carbocycles. The number of amides is 2. The quantitative estimate of drug-likeness (QED) is 0.207. The Morgan fingerprint density at radius 3 is 2.74 bits per heavy atom. The summed E-state index contributed by atoms with van der Waals surface area (Å²) < 4.78 is 1.82. The number of nitrogens with zero attached hydrogens (tertiary/aromatic N) is 4. The number of anilines is 1. The van der Waals surface area contributed by atoms with Gasteiger partial charge >= 0.3 is 0 Å². The summed E-state index contributed by atoms with van der Waals surface area (Å²) in [7, 11) is 0. The van der Waals surface area contributed by atoms with E-state index in [4.69, 9.17) is 10.6 Å². The first kappa shape index (κ1) is 23.7. The topological polar surface area (TPSA) is 154 Å². The Hall–Kier alpha value is -3.45. The van der Waals surface area contributed by atoms with Gasteiger partial charge in [-0.3, -0.25) is 14.5 Å². The number of pyridine rings is 1. The van der Waals surface area contributed by atoms with Crippen LogP contribution in [0, 0.1) is 0 Å². The predicted octanol–water partition coefficient (Wildman–Crippen LogP) is -0.754. The highest BCUT2D eigenvalue weighted by atomic mass is 32.2. The molecule has 2 aliphatic rings. The number of β-lactam (4-membered cyclic amide) rings is 1. The number of carbonyl (C=O) groups is 3. The molecule has 1 saturated heterocycles. The van der Waals surface area contributed by atoms with Crippen LogP contribution >= 0.6 is 23.1 Å². The average Bonchev–Trinajstić information content (AvgIpc) is 3.23. The number of aromatic nitrogens is 2. The van der Waals surface area contributed by atoms with Crippen molar-refractivity contribution in [3.63, 3.8) is 0 Å². The van der Waals surface area contributed by atoms with Crippen LogP contribution in [0.15, 0.2) is 52.4 Å². The highest BCUT2D eigenvalue weighted by Gasteiger charge is 2.53. The molecule has 4 rings (SSSR count). The van der Waals surface area contributed by atoms with E-state index in [-0.39, 0.29) is 28.3 Å². The van der Waals surface area contributed by atoms with Gasteiger partial charge in [-0.05, 0) is 13.8 Å². The molecule has 4 heterocycles. The van der Waals surface area contributed by atoms with Crippen LogP contribution in [0.3, 0.4) is 0 Å². The Bertz CT molecular complexity index is 1180. The van der Waals surface area contributed by atoms with E-state index in [1.165, 1.54) is 16.7 Å². The number of carbonyl (C=O) groups excluding carboxylic acids is 3. The largest absolute Gasteiger partial charge is 0.543 e. The van der Waals surface area contributed by atoms with Crippen molar-refractivity contribution in [1.82, 2.24) is 15.2 Å². The van der Waals surface area contributed by atoms with Crippen molar-refractivity contribution >= 4 is 51.7 Å². The Morgan fingerprint density at radius 2 is 2.12 bits per heavy atom. The number of hydrogen-bond acceptors (Lipinski definition) is 10. The fourth-order valence-electron chi connectivity index (χ4n) is 3.52. The summed E-state index contributed by atoms with van der Waals surface area (Å²) in [5, 5.41) is 19.7. The van der Waals surface area contributed by atoms with Gasteiger partial charge in [0.25, 0.3) is 11.8 Å². The van der Waals surface area contributed by atoms with Gasteiger partial charge in [0.05, 0.1) is 11.7 Å². The summed E-state index contributed by atoms with van der Waals surface area (Å²) in [4.78, 5) is 48.3. The molecule has 2 aromatic rings. The maximum Gasteiger partial charge on any atom is 0.276 e. The molecule has 2 aromatic heterocycles. The lowest BCUT2D eigenvalue weighted by Gasteiger charge is -2.50. The molecule has 0 aliphatic carbocycles. The Morgan fingerprint density at radius 1 is 1.38 bits per heavy atom. The molecule has 178 valence electrons. The Balaban J connectivity index is 1.53. The zero-order chi connectivity index (χ0) is 24.4. The molecule has 3 N–H and O–H groups in total. The van der Waals surface area contributed by atoms with E-state index >= 15 is 0 Å². The smallest absolute Gasteiger partial charge is 0.276 e. The van der Waals surface area contributed by atoms with Crippen LogP contribution in [0.1, 0.15) is 19.5 Å².